The summed E-state index contributed by atoms with van der Waals surface area (Å²) in [5.41, 5.74) is 0. The smallest absolute Gasteiger partial charge is 0.186 e. The fourth-order valence-corrected chi connectivity index (χ4v) is 1.68. The first-order valence-corrected chi connectivity index (χ1v) is 4.51. The number of methoxy groups -OCH3 is 4. The van der Waals surface area contributed by atoms with Crippen LogP contribution in [0.4, 0.5) is 0 Å². The molecule has 5 nitrogen and oxygen atoms in total. The largest absolute Gasteiger partial charge is 0.376 e. The van der Waals surface area contributed by atoms with Crippen molar-refractivity contribution in [3.63, 3.8) is 0 Å². The third kappa shape index (κ3) is 2.24. The zero-order valence-corrected chi connectivity index (χ0v) is 9.06. The van der Waals surface area contributed by atoms with Crippen molar-refractivity contribution in [1.29, 1.82) is 0 Å². The summed E-state index contributed by atoms with van der Waals surface area (Å²) in [6.45, 7) is 0.452. The van der Waals surface area contributed by atoms with Gasteiger partial charge in [0.25, 0.3) is 0 Å². The van der Waals surface area contributed by atoms with Crippen LogP contribution >= 0.6 is 0 Å². The number of hydrogen-bond acceptors (Lipinski definition) is 5. The van der Waals surface area contributed by atoms with E-state index in [1.807, 2.05) is 0 Å². The van der Waals surface area contributed by atoms with E-state index < -0.39 is 6.29 Å². The summed E-state index contributed by atoms with van der Waals surface area (Å²) in [6, 6.07) is 0. The van der Waals surface area contributed by atoms with Crippen molar-refractivity contribution < 1.29 is 23.7 Å². The van der Waals surface area contributed by atoms with E-state index in [0.29, 0.717) is 6.61 Å². The zero-order chi connectivity index (χ0) is 10.6. The van der Waals surface area contributed by atoms with Gasteiger partial charge in [0, 0.05) is 28.4 Å². The highest BCUT2D eigenvalue weighted by molar-refractivity contribution is 4.85. The van der Waals surface area contributed by atoms with Gasteiger partial charge in [0.15, 0.2) is 6.29 Å². The molecular formula is C9H18O5. The average molecular weight is 206 g/mol. The van der Waals surface area contributed by atoms with E-state index in [-0.39, 0.29) is 18.3 Å². The minimum absolute atomic E-state index is 0.114. The molecule has 1 aliphatic heterocycles. The van der Waals surface area contributed by atoms with Gasteiger partial charge in [-0.3, -0.25) is 0 Å². The highest BCUT2D eigenvalue weighted by Crippen LogP contribution is 2.22. The Morgan fingerprint density at radius 3 is 1.93 bits per heavy atom. The molecule has 1 heterocycles. The van der Waals surface area contributed by atoms with Crippen LogP contribution in [0.1, 0.15) is 0 Å². The molecule has 0 N–H and O–H groups in total. The van der Waals surface area contributed by atoms with E-state index in [1.54, 1.807) is 28.4 Å². The van der Waals surface area contributed by atoms with Crippen molar-refractivity contribution >= 4 is 0 Å². The molecule has 0 aliphatic carbocycles. The molecule has 0 amide bonds. The summed E-state index contributed by atoms with van der Waals surface area (Å²) in [5, 5.41) is 0. The Kier molecular flexibility index (Phi) is 4.77. The lowest BCUT2D eigenvalue weighted by molar-refractivity contribution is -0.276. The second-order valence-electron chi connectivity index (χ2n) is 3.11. The van der Waals surface area contributed by atoms with Gasteiger partial charge in [-0.25, -0.2) is 0 Å². The maximum absolute atomic E-state index is 5.41. The molecular weight excluding hydrogens is 188 g/mol. The molecule has 0 saturated carbocycles. The topological polar surface area (TPSA) is 46.2 Å². The molecule has 1 rings (SSSR count). The summed E-state index contributed by atoms with van der Waals surface area (Å²) in [4.78, 5) is 0. The van der Waals surface area contributed by atoms with Gasteiger partial charge in [0.2, 0.25) is 0 Å². The van der Waals surface area contributed by atoms with E-state index in [4.69, 9.17) is 23.7 Å². The van der Waals surface area contributed by atoms with Crippen LogP contribution < -0.4 is 0 Å². The predicted molar refractivity (Wildman–Crippen MR) is 49.1 cm³/mol. The van der Waals surface area contributed by atoms with Gasteiger partial charge in [-0.15, -0.1) is 0 Å². The Bertz CT molecular complexity index is 145. The Morgan fingerprint density at radius 1 is 0.857 bits per heavy atom. The second kappa shape index (κ2) is 5.63. The molecule has 1 saturated heterocycles. The molecule has 1 fully saturated rings. The van der Waals surface area contributed by atoms with Gasteiger partial charge in [0.1, 0.15) is 18.3 Å². The summed E-state index contributed by atoms with van der Waals surface area (Å²) in [7, 11) is 6.43. The minimum Gasteiger partial charge on any atom is -0.376 e. The standard InChI is InChI=1S/C9H18O5/c1-10-6-5-14-9(13-4)8(12-3)7(6)11-2/h6-9H,5H2,1-4H3/t6-,7+,8+,9-/m0/s1. The molecule has 0 radical (unpaired) electrons. The van der Waals surface area contributed by atoms with Crippen LogP contribution in [0.2, 0.25) is 0 Å². The molecule has 14 heavy (non-hydrogen) atoms. The fraction of sp³-hybridized carbons (Fsp3) is 1.00. The van der Waals surface area contributed by atoms with E-state index >= 15 is 0 Å². The molecule has 5 heteroatoms. The Morgan fingerprint density at radius 2 is 1.50 bits per heavy atom. The van der Waals surface area contributed by atoms with Gasteiger partial charge in [0.05, 0.1) is 6.61 Å². The second-order valence-corrected chi connectivity index (χ2v) is 3.11. The van der Waals surface area contributed by atoms with Crippen LogP contribution in [-0.2, 0) is 23.7 Å². The normalized spacial score (nSPS) is 38.6. The van der Waals surface area contributed by atoms with Crippen molar-refractivity contribution in [3.05, 3.63) is 0 Å². The van der Waals surface area contributed by atoms with E-state index in [1.165, 1.54) is 0 Å². The molecule has 0 aromatic rings. The maximum atomic E-state index is 5.41. The lowest BCUT2D eigenvalue weighted by atomic mass is 10.0. The molecule has 0 bridgehead atoms. The minimum atomic E-state index is -0.392. The third-order valence-electron chi connectivity index (χ3n) is 2.46. The predicted octanol–water partition coefficient (Wildman–Crippen LogP) is 0.0341. The lowest BCUT2D eigenvalue weighted by Crippen LogP contribution is -2.55. The van der Waals surface area contributed by atoms with Gasteiger partial charge >= 0.3 is 0 Å². The van der Waals surface area contributed by atoms with Crippen LogP contribution in [0, 0.1) is 0 Å². The molecule has 84 valence electrons. The molecule has 0 unspecified atom stereocenters. The SMILES string of the molecule is CO[C@H]1OC[C@H](OC)[C@@H](OC)[C@H]1OC. The van der Waals surface area contributed by atoms with Crippen LogP contribution in [0.5, 0.6) is 0 Å². The molecule has 4 atom stereocenters. The highest BCUT2D eigenvalue weighted by atomic mass is 16.7. The average Bonchev–Trinajstić information content (AvgIpc) is 2.26. The first kappa shape index (κ1) is 11.9. The Labute approximate surface area is 84.2 Å². The first-order valence-electron chi connectivity index (χ1n) is 4.51. The van der Waals surface area contributed by atoms with E-state index in [2.05, 4.69) is 0 Å². The van der Waals surface area contributed by atoms with Crippen LogP contribution in [-0.4, -0.2) is 59.6 Å². The fourth-order valence-electron chi connectivity index (χ4n) is 1.68. The van der Waals surface area contributed by atoms with Gasteiger partial charge in [-0.05, 0) is 0 Å². The maximum Gasteiger partial charge on any atom is 0.186 e. The third-order valence-corrected chi connectivity index (χ3v) is 2.46. The Hall–Kier alpha value is -0.200. The van der Waals surface area contributed by atoms with Gasteiger partial charge in [-0.1, -0.05) is 0 Å². The van der Waals surface area contributed by atoms with E-state index in [0.717, 1.165) is 0 Å². The van der Waals surface area contributed by atoms with Crippen LogP contribution in [0.3, 0.4) is 0 Å². The lowest BCUT2D eigenvalue weighted by Gasteiger charge is -2.39. The van der Waals surface area contributed by atoms with Crippen molar-refractivity contribution in [2.24, 2.45) is 0 Å². The monoisotopic (exact) mass is 206 g/mol. The van der Waals surface area contributed by atoms with Crippen LogP contribution in [0.15, 0.2) is 0 Å². The van der Waals surface area contributed by atoms with E-state index in [9.17, 15) is 0 Å². The summed E-state index contributed by atoms with van der Waals surface area (Å²) in [6.07, 6.45) is -0.930. The quantitative estimate of drug-likeness (QED) is 0.649. The molecule has 0 aromatic carbocycles. The summed E-state index contributed by atoms with van der Waals surface area (Å²) < 4.78 is 26.4. The van der Waals surface area contributed by atoms with Crippen molar-refractivity contribution in [3.8, 4) is 0 Å². The number of hydrogen-bond donors (Lipinski definition) is 0. The number of rotatable bonds is 4. The highest BCUT2D eigenvalue weighted by Gasteiger charge is 2.41. The summed E-state index contributed by atoms with van der Waals surface area (Å²) in [5.74, 6) is 0. The molecule has 0 aromatic heterocycles. The van der Waals surface area contributed by atoms with Crippen LogP contribution in [0.25, 0.3) is 0 Å². The van der Waals surface area contributed by atoms with Gasteiger partial charge < -0.3 is 23.7 Å². The van der Waals surface area contributed by atoms with Gasteiger partial charge in [-0.2, -0.15) is 0 Å². The summed E-state index contributed by atoms with van der Waals surface area (Å²) >= 11 is 0. The van der Waals surface area contributed by atoms with Crippen molar-refractivity contribution in [2.75, 3.05) is 35.0 Å². The van der Waals surface area contributed by atoms with Crippen molar-refractivity contribution in [2.45, 2.75) is 24.6 Å². The van der Waals surface area contributed by atoms with Crippen molar-refractivity contribution in [1.82, 2.24) is 0 Å². The molecule has 1 aliphatic rings. The Balaban J connectivity index is 2.67. The number of ether oxygens (including phenoxy) is 5. The zero-order valence-electron chi connectivity index (χ0n) is 9.06. The molecule has 0 spiro atoms. The first-order chi connectivity index (χ1) is 6.78.